The minimum absolute atomic E-state index is 0.121. The van der Waals surface area contributed by atoms with Crippen LogP contribution >= 0.6 is 0 Å². The summed E-state index contributed by atoms with van der Waals surface area (Å²) in [5, 5.41) is 11.9. The van der Waals surface area contributed by atoms with Crippen molar-refractivity contribution in [3.05, 3.63) is 24.3 Å². The molecule has 17 heavy (non-hydrogen) atoms. The lowest BCUT2D eigenvalue weighted by molar-refractivity contribution is 0.0791. The van der Waals surface area contributed by atoms with E-state index in [1.807, 2.05) is 0 Å². The summed E-state index contributed by atoms with van der Waals surface area (Å²) in [7, 11) is 1.54. The molecule has 0 atom stereocenters. The number of amides is 1. The molecule has 0 aromatic heterocycles. The third-order valence-corrected chi connectivity index (χ3v) is 1.92. The number of aliphatic hydroxyl groups is 1. The number of carbonyl (C=O) groups excluding carboxylic acids is 1. The van der Waals surface area contributed by atoms with Crippen LogP contribution in [0.2, 0.25) is 0 Å². The van der Waals surface area contributed by atoms with E-state index in [1.165, 1.54) is 7.11 Å². The number of rotatable bonds is 4. The number of ether oxygens (including phenoxy) is 2. The van der Waals surface area contributed by atoms with Gasteiger partial charge in [-0.2, -0.15) is 0 Å². The maximum Gasteiger partial charge on any atom is 0.412 e. The van der Waals surface area contributed by atoms with Crippen LogP contribution in [0.5, 0.6) is 11.5 Å². The average Bonchev–Trinajstić information content (AvgIpc) is 2.26. The maximum absolute atomic E-state index is 11.4. The summed E-state index contributed by atoms with van der Waals surface area (Å²) in [5.41, 5.74) is -0.965. The second kappa shape index (κ2) is 5.54. The van der Waals surface area contributed by atoms with Crippen molar-refractivity contribution in [3.8, 4) is 11.5 Å². The fourth-order valence-electron chi connectivity index (χ4n) is 1.10. The molecule has 94 valence electrons. The van der Waals surface area contributed by atoms with Gasteiger partial charge in [-0.25, -0.2) is 4.79 Å². The summed E-state index contributed by atoms with van der Waals surface area (Å²) < 4.78 is 10.0. The van der Waals surface area contributed by atoms with Crippen LogP contribution in [0.15, 0.2) is 24.3 Å². The molecule has 0 aliphatic rings. The van der Waals surface area contributed by atoms with Crippen LogP contribution in [0.25, 0.3) is 0 Å². The largest absolute Gasteiger partial charge is 0.497 e. The Morgan fingerprint density at radius 2 is 2.06 bits per heavy atom. The summed E-state index contributed by atoms with van der Waals surface area (Å²) in [6.07, 6.45) is -0.611. The smallest absolute Gasteiger partial charge is 0.412 e. The third-order valence-electron chi connectivity index (χ3n) is 1.92. The van der Waals surface area contributed by atoms with Gasteiger partial charge < -0.3 is 19.9 Å². The van der Waals surface area contributed by atoms with E-state index in [-0.39, 0.29) is 6.54 Å². The predicted octanol–water partition coefficient (Wildman–Crippen LogP) is 1.55. The highest BCUT2D eigenvalue weighted by Gasteiger charge is 2.14. The molecular formula is C12H17NO4. The molecule has 0 unspecified atom stereocenters. The van der Waals surface area contributed by atoms with Gasteiger partial charge in [0.15, 0.2) is 0 Å². The lowest BCUT2D eigenvalue weighted by Gasteiger charge is -2.17. The first kappa shape index (κ1) is 13.3. The molecule has 0 radical (unpaired) electrons. The maximum atomic E-state index is 11.4. The van der Waals surface area contributed by atoms with Gasteiger partial charge >= 0.3 is 6.09 Å². The van der Waals surface area contributed by atoms with Crippen molar-refractivity contribution >= 4 is 6.09 Å². The van der Waals surface area contributed by atoms with Gasteiger partial charge in [-0.3, -0.25) is 0 Å². The van der Waals surface area contributed by atoms with Gasteiger partial charge in [0.05, 0.1) is 12.7 Å². The van der Waals surface area contributed by atoms with Crippen LogP contribution in [0.3, 0.4) is 0 Å². The van der Waals surface area contributed by atoms with E-state index in [2.05, 4.69) is 5.32 Å². The highest BCUT2D eigenvalue weighted by molar-refractivity contribution is 5.70. The van der Waals surface area contributed by atoms with Crippen LogP contribution in [0.1, 0.15) is 13.8 Å². The van der Waals surface area contributed by atoms with Gasteiger partial charge in [0, 0.05) is 12.6 Å². The Morgan fingerprint density at radius 1 is 1.41 bits per heavy atom. The first-order valence-corrected chi connectivity index (χ1v) is 5.23. The number of hydrogen-bond acceptors (Lipinski definition) is 4. The summed E-state index contributed by atoms with van der Waals surface area (Å²) in [4.78, 5) is 11.4. The van der Waals surface area contributed by atoms with Crippen molar-refractivity contribution in [3.63, 3.8) is 0 Å². The molecule has 2 N–H and O–H groups in total. The molecule has 0 bridgehead atoms. The van der Waals surface area contributed by atoms with E-state index in [1.54, 1.807) is 38.1 Å². The van der Waals surface area contributed by atoms with Gasteiger partial charge in [0.25, 0.3) is 0 Å². The van der Waals surface area contributed by atoms with Gasteiger partial charge in [0.1, 0.15) is 11.5 Å². The fraction of sp³-hybridized carbons (Fsp3) is 0.417. The zero-order valence-corrected chi connectivity index (χ0v) is 10.2. The van der Waals surface area contributed by atoms with Crippen LogP contribution in [-0.2, 0) is 0 Å². The summed E-state index contributed by atoms with van der Waals surface area (Å²) in [6, 6.07) is 6.72. The Balaban J connectivity index is 2.50. The molecule has 1 rings (SSSR count). The van der Waals surface area contributed by atoms with Crippen molar-refractivity contribution in [1.82, 2.24) is 5.32 Å². The Kier molecular flexibility index (Phi) is 4.34. The van der Waals surface area contributed by atoms with Crippen molar-refractivity contribution < 1.29 is 19.4 Å². The van der Waals surface area contributed by atoms with E-state index < -0.39 is 11.7 Å². The van der Waals surface area contributed by atoms with E-state index in [9.17, 15) is 9.90 Å². The van der Waals surface area contributed by atoms with Gasteiger partial charge in [0.2, 0.25) is 0 Å². The number of carbonyl (C=O) groups is 1. The molecule has 0 saturated heterocycles. The molecule has 1 amide bonds. The van der Waals surface area contributed by atoms with Crippen molar-refractivity contribution in [1.29, 1.82) is 0 Å². The van der Waals surface area contributed by atoms with E-state index >= 15 is 0 Å². The van der Waals surface area contributed by atoms with Gasteiger partial charge in [-0.1, -0.05) is 6.07 Å². The zero-order chi connectivity index (χ0) is 12.9. The van der Waals surface area contributed by atoms with E-state index in [0.29, 0.717) is 11.5 Å². The third kappa shape index (κ3) is 5.21. The Bertz CT molecular complexity index is 384. The van der Waals surface area contributed by atoms with Gasteiger partial charge in [-0.05, 0) is 26.0 Å². The Labute approximate surface area is 100 Å². The Morgan fingerprint density at radius 3 is 2.65 bits per heavy atom. The molecule has 1 aromatic carbocycles. The second-order valence-corrected chi connectivity index (χ2v) is 4.23. The highest BCUT2D eigenvalue weighted by atomic mass is 16.6. The number of nitrogens with one attached hydrogen (secondary N) is 1. The lowest BCUT2D eigenvalue weighted by atomic mass is 10.1. The standard InChI is InChI=1S/C12H17NO4/c1-12(2,15)8-13-11(14)17-10-6-4-5-9(7-10)16-3/h4-7,15H,8H2,1-3H3,(H,13,14). The van der Waals surface area contributed by atoms with Crippen LogP contribution in [0, 0.1) is 0 Å². The topological polar surface area (TPSA) is 67.8 Å². The van der Waals surface area contributed by atoms with E-state index in [0.717, 1.165) is 0 Å². The van der Waals surface area contributed by atoms with Crippen molar-refractivity contribution in [2.24, 2.45) is 0 Å². The monoisotopic (exact) mass is 239 g/mol. The highest BCUT2D eigenvalue weighted by Crippen LogP contribution is 2.18. The molecule has 0 fully saturated rings. The molecule has 0 heterocycles. The molecule has 0 spiro atoms. The molecule has 1 aromatic rings. The second-order valence-electron chi connectivity index (χ2n) is 4.23. The van der Waals surface area contributed by atoms with Crippen LogP contribution in [-0.4, -0.2) is 30.5 Å². The molecule has 0 aliphatic carbocycles. The average molecular weight is 239 g/mol. The van der Waals surface area contributed by atoms with Crippen LogP contribution < -0.4 is 14.8 Å². The Hall–Kier alpha value is -1.75. The normalized spacial score (nSPS) is 10.8. The molecule has 5 heteroatoms. The van der Waals surface area contributed by atoms with E-state index in [4.69, 9.17) is 9.47 Å². The number of methoxy groups -OCH3 is 1. The first-order chi connectivity index (χ1) is 7.90. The minimum atomic E-state index is -0.965. The van der Waals surface area contributed by atoms with Crippen molar-refractivity contribution in [2.45, 2.75) is 19.4 Å². The molecule has 0 saturated carbocycles. The van der Waals surface area contributed by atoms with Crippen molar-refractivity contribution in [2.75, 3.05) is 13.7 Å². The quantitative estimate of drug-likeness (QED) is 0.836. The summed E-state index contributed by atoms with van der Waals surface area (Å²) >= 11 is 0. The first-order valence-electron chi connectivity index (χ1n) is 5.23. The summed E-state index contributed by atoms with van der Waals surface area (Å²) in [5.74, 6) is 0.996. The SMILES string of the molecule is COc1cccc(OC(=O)NCC(C)(C)O)c1. The lowest BCUT2D eigenvalue weighted by Crippen LogP contribution is -2.39. The zero-order valence-electron chi connectivity index (χ0n) is 10.2. The number of hydrogen-bond donors (Lipinski definition) is 2. The van der Waals surface area contributed by atoms with Crippen LogP contribution in [0.4, 0.5) is 4.79 Å². The fourth-order valence-corrected chi connectivity index (χ4v) is 1.10. The van der Waals surface area contributed by atoms with Gasteiger partial charge in [-0.15, -0.1) is 0 Å². The molecule has 0 aliphatic heterocycles. The molecular weight excluding hydrogens is 222 g/mol. The molecule has 5 nitrogen and oxygen atoms in total. The predicted molar refractivity (Wildman–Crippen MR) is 63.3 cm³/mol. The summed E-state index contributed by atoms with van der Waals surface area (Å²) in [6.45, 7) is 3.31. The minimum Gasteiger partial charge on any atom is -0.497 e. The number of benzene rings is 1.